The third-order valence-corrected chi connectivity index (χ3v) is 6.91. The predicted octanol–water partition coefficient (Wildman–Crippen LogP) is 5.41. The molecule has 1 saturated heterocycles. The van der Waals surface area contributed by atoms with Crippen LogP contribution in [-0.2, 0) is 22.2 Å². The van der Waals surface area contributed by atoms with Gasteiger partial charge in [0, 0.05) is 22.6 Å². The second-order valence-electron chi connectivity index (χ2n) is 11.0. The SMILES string of the molecule is C=C(c1ccc(CN2C(=O)NC(C)(C)C2=O)cn1)c1cc2c(cc1C)C(C)(C)C=CC2(C)C. The Kier molecular flexibility index (Phi) is 5.15. The quantitative estimate of drug-likeness (QED) is 0.508. The number of imide groups is 1. The predicted molar refractivity (Wildman–Crippen MR) is 132 cm³/mol. The van der Waals surface area contributed by atoms with Gasteiger partial charge >= 0.3 is 6.03 Å². The van der Waals surface area contributed by atoms with Gasteiger partial charge in [-0.15, -0.1) is 0 Å². The van der Waals surface area contributed by atoms with Crippen LogP contribution in [0.25, 0.3) is 5.57 Å². The van der Waals surface area contributed by atoms with Crippen LogP contribution < -0.4 is 5.32 Å². The van der Waals surface area contributed by atoms with Gasteiger partial charge in [0.1, 0.15) is 5.54 Å². The molecule has 172 valence electrons. The number of allylic oxidation sites excluding steroid dienone is 2. The Morgan fingerprint density at radius 2 is 1.61 bits per heavy atom. The van der Waals surface area contributed by atoms with E-state index in [1.54, 1.807) is 20.0 Å². The number of aryl methyl sites for hydroxylation is 1. The molecule has 1 aromatic carbocycles. The summed E-state index contributed by atoms with van der Waals surface area (Å²) in [7, 11) is 0. The molecule has 3 amide bonds. The first-order chi connectivity index (χ1) is 15.2. The van der Waals surface area contributed by atoms with Crippen LogP contribution in [0.15, 0.2) is 49.2 Å². The van der Waals surface area contributed by atoms with Crippen molar-refractivity contribution in [1.29, 1.82) is 0 Å². The molecule has 33 heavy (non-hydrogen) atoms. The summed E-state index contributed by atoms with van der Waals surface area (Å²) in [5.74, 6) is -0.231. The van der Waals surface area contributed by atoms with Gasteiger partial charge in [-0.3, -0.25) is 14.7 Å². The van der Waals surface area contributed by atoms with Crippen molar-refractivity contribution in [1.82, 2.24) is 15.2 Å². The summed E-state index contributed by atoms with van der Waals surface area (Å²) in [6.07, 6.45) is 6.31. The molecule has 1 N–H and O–H groups in total. The zero-order chi connectivity index (χ0) is 24.3. The lowest BCUT2D eigenvalue weighted by molar-refractivity contribution is -0.130. The Hall–Kier alpha value is -3.21. The van der Waals surface area contributed by atoms with Crippen LogP contribution in [0, 0.1) is 6.92 Å². The number of fused-ring (bicyclic) bond motifs is 1. The molecule has 2 heterocycles. The molecule has 0 atom stereocenters. The van der Waals surface area contributed by atoms with Gasteiger partial charge in [0.25, 0.3) is 5.91 Å². The minimum atomic E-state index is -0.875. The Bertz CT molecular complexity index is 1200. The standard InChI is InChI=1S/C28H33N3O2/c1-17-13-21-22(27(5,6)12-11-26(21,3)4)14-20(17)18(2)23-10-9-19(15-29-23)16-31-24(32)28(7,8)30-25(31)33/h9-15H,2,16H2,1,3-8H3,(H,30,33). The van der Waals surface area contributed by atoms with E-state index in [1.807, 2.05) is 12.1 Å². The number of nitrogens with zero attached hydrogens (tertiary/aromatic N) is 2. The summed E-state index contributed by atoms with van der Waals surface area (Å²) in [4.78, 5) is 30.5. The van der Waals surface area contributed by atoms with Gasteiger partial charge in [-0.25, -0.2) is 4.79 Å². The maximum atomic E-state index is 12.5. The number of aromatic nitrogens is 1. The van der Waals surface area contributed by atoms with Gasteiger partial charge in [-0.05, 0) is 60.7 Å². The first-order valence-corrected chi connectivity index (χ1v) is 11.4. The highest BCUT2D eigenvalue weighted by Gasteiger charge is 2.44. The number of carbonyl (C=O) groups excluding carboxylic acids is 2. The van der Waals surface area contributed by atoms with E-state index >= 15 is 0 Å². The fraction of sp³-hybridized carbons (Fsp3) is 0.393. The van der Waals surface area contributed by atoms with Crippen molar-refractivity contribution < 1.29 is 9.59 Å². The summed E-state index contributed by atoms with van der Waals surface area (Å²) in [6.45, 7) is 19.1. The fourth-order valence-electron chi connectivity index (χ4n) is 4.67. The van der Waals surface area contributed by atoms with E-state index in [4.69, 9.17) is 0 Å². The maximum Gasteiger partial charge on any atom is 0.325 e. The molecule has 1 fully saturated rings. The largest absolute Gasteiger partial charge is 0.325 e. The van der Waals surface area contributed by atoms with Crippen LogP contribution in [0.5, 0.6) is 0 Å². The molecule has 1 aliphatic carbocycles. The summed E-state index contributed by atoms with van der Waals surface area (Å²) < 4.78 is 0. The van der Waals surface area contributed by atoms with Crippen molar-refractivity contribution in [3.8, 4) is 0 Å². The molecular weight excluding hydrogens is 410 g/mol. The number of hydrogen-bond donors (Lipinski definition) is 1. The molecule has 0 saturated carbocycles. The van der Waals surface area contributed by atoms with Crippen LogP contribution in [0.1, 0.15) is 75.1 Å². The number of amides is 3. The lowest BCUT2D eigenvalue weighted by Gasteiger charge is -2.37. The van der Waals surface area contributed by atoms with Gasteiger partial charge in [-0.1, -0.05) is 58.6 Å². The highest BCUT2D eigenvalue weighted by atomic mass is 16.2. The summed E-state index contributed by atoms with van der Waals surface area (Å²) in [6, 6.07) is 8.00. The van der Waals surface area contributed by atoms with Crippen LogP contribution >= 0.6 is 0 Å². The van der Waals surface area contributed by atoms with Crippen LogP contribution in [0.3, 0.4) is 0 Å². The molecule has 2 aromatic rings. The van der Waals surface area contributed by atoms with Gasteiger partial charge < -0.3 is 5.32 Å². The van der Waals surface area contributed by atoms with E-state index in [1.165, 1.54) is 21.6 Å². The topological polar surface area (TPSA) is 62.3 Å². The summed E-state index contributed by atoms with van der Waals surface area (Å²) >= 11 is 0. The molecular formula is C28H33N3O2. The molecule has 0 radical (unpaired) electrons. The Morgan fingerprint density at radius 1 is 1.00 bits per heavy atom. The number of hydrogen-bond acceptors (Lipinski definition) is 3. The third kappa shape index (κ3) is 3.90. The normalized spacial score (nSPS) is 19.9. The number of urea groups is 1. The molecule has 0 spiro atoms. The highest BCUT2D eigenvalue weighted by molar-refractivity contribution is 6.06. The number of rotatable bonds is 4. The Morgan fingerprint density at radius 3 is 2.12 bits per heavy atom. The smallest absolute Gasteiger partial charge is 0.324 e. The van der Waals surface area contributed by atoms with E-state index in [9.17, 15) is 9.59 Å². The number of carbonyl (C=O) groups is 2. The van der Waals surface area contributed by atoms with Gasteiger partial charge in [-0.2, -0.15) is 0 Å². The zero-order valence-corrected chi connectivity index (χ0v) is 20.7. The number of nitrogens with one attached hydrogen (secondary N) is 1. The monoisotopic (exact) mass is 443 g/mol. The molecule has 4 rings (SSSR count). The zero-order valence-electron chi connectivity index (χ0n) is 20.7. The highest BCUT2D eigenvalue weighted by Crippen LogP contribution is 2.43. The van der Waals surface area contributed by atoms with Crippen molar-refractivity contribution in [2.45, 2.75) is 71.4 Å². The van der Waals surface area contributed by atoms with Crippen LogP contribution in [0.2, 0.25) is 0 Å². The molecule has 5 nitrogen and oxygen atoms in total. The number of benzene rings is 1. The fourth-order valence-corrected chi connectivity index (χ4v) is 4.67. The lowest BCUT2D eigenvalue weighted by Crippen LogP contribution is -2.40. The molecule has 0 unspecified atom stereocenters. The first-order valence-electron chi connectivity index (χ1n) is 11.4. The van der Waals surface area contributed by atoms with Crippen molar-refractivity contribution >= 4 is 17.5 Å². The van der Waals surface area contributed by atoms with E-state index in [0.29, 0.717) is 0 Å². The number of pyridine rings is 1. The molecule has 0 bridgehead atoms. The second-order valence-corrected chi connectivity index (χ2v) is 11.0. The minimum Gasteiger partial charge on any atom is -0.324 e. The molecule has 1 aliphatic heterocycles. The minimum absolute atomic E-state index is 0.0107. The molecule has 2 aliphatic rings. The van der Waals surface area contributed by atoms with E-state index < -0.39 is 5.54 Å². The van der Waals surface area contributed by atoms with E-state index in [0.717, 1.165) is 22.4 Å². The van der Waals surface area contributed by atoms with Gasteiger partial charge in [0.15, 0.2) is 0 Å². The first kappa shape index (κ1) is 23.0. The van der Waals surface area contributed by atoms with E-state index in [2.05, 4.69) is 75.8 Å². The summed E-state index contributed by atoms with van der Waals surface area (Å²) in [5, 5.41) is 2.71. The van der Waals surface area contributed by atoms with Crippen molar-refractivity contribution in [2.75, 3.05) is 0 Å². The van der Waals surface area contributed by atoms with Crippen molar-refractivity contribution in [2.24, 2.45) is 0 Å². The van der Waals surface area contributed by atoms with E-state index in [-0.39, 0.29) is 29.3 Å². The second kappa shape index (κ2) is 7.41. The Balaban J connectivity index is 1.61. The Labute approximate surface area is 196 Å². The average molecular weight is 444 g/mol. The molecule has 5 heteroatoms. The van der Waals surface area contributed by atoms with Gasteiger partial charge in [0.05, 0.1) is 12.2 Å². The average Bonchev–Trinajstić information content (AvgIpc) is 2.93. The van der Waals surface area contributed by atoms with Gasteiger partial charge in [0.2, 0.25) is 0 Å². The van der Waals surface area contributed by atoms with Crippen LogP contribution in [-0.4, -0.2) is 27.4 Å². The lowest BCUT2D eigenvalue weighted by atomic mass is 9.67. The molecule has 1 aromatic heterocycles. The maximum absolute atomic E-state index is 12.5. The summed E-state index contributed by atoms with van der Waals surface area (Å²) in [5.41, 5.74) is 6.42. The van der Waals surface area contributed by atoms with Crippen molar-refractivity contribution in [3.63, 3.8) is 0 Å². The van der Waals surface area contributed by atoms with Crippen molar-refractivity contribution in [3.05, 3.63) is 82.7 Å². The third-order valence-electron chi connectivity index (χ3n) is 6.91. The van der Waals surface area contributed by atoms with Crippen LogP contribution in [0.4, 0.5) is 4.79 Å².